The monoisotopic (exact) mass is 259 g/mol. The van der Waals surface area contributed by atoms with Crippen LogP contribution in [0, 0.1) is 0 Å². The van der Waals surface area contributed by atoms with E-state index in [-0.39, 0.29) is 6.61 Å². The van der Waals surface area contributed by atoms with Crippen molar-refractivity contribution in [3.05, 3.63) is 12.2 Å². The van der Waals surface area contributed by atoms with Crippen molar-refractivity contribution in [2.45, 2.75) is 39.0 Å². The van der Waals surface area contributed by atoms with Gasteiger partial charge in [0, 0.05) is 0 Å². The Morgan fingerprint density at radius 3 is 2.17 bits per heavy atom. The molecule has 0 aromatic carbocycles. The molecule has 0 aromatic heterocycles. The number of aliphatic carboxylic acids is 1. The van der Waals surface area contributed by atoms with Crippen LogP contribution in [0.4, 0.5) is 0 Å². The zero-order chi connectivity index (χ0) is 14.4. The van der Waals surface area contributed by atoms with Crippen molar-refractivity contribution in [3.63, 3.8) is 0 Å². The molecule has 0 aliphatic rings. The summed E-state index contributed by atoms with van der Waals surface area (Å²) in [5.74, 6) is -1.10. The molecule has 0 aliphatic heterocycles. The summed E-state index contributed by atoms with van der Waals surface area (Å²) in [7, 11) is 6.16. The van der Waals surface area contributed by atoms with Gasteiger partial charge in [0.05, 0.1) is 33.7 Å². The van der Waals surface area contributed by atoms with E-state index in [4.69, 9.17) is 5.11 Å². The molecule has 0 radical (unpaired) electrons. The van der Waals surface area contributed by atoms with E-state index in [9.17, 15) is 9.90 Å². The number of carboxylic acid groups (broad SMARTS) is 1. The first-order valence-electron chi connectivity index (χ1n) is 6.62. The van der Waals surface area contributed by atoms with E-state index in [1.807, 2.05) is 0 Å². The molecule has 4 heteroatoms. The first-order valence-corrected chi connectivity index (χ1v) is 6.62. The van der Waals surface area contributed by atoms with E-state index in [1.54, 1.807) is 6.08 Å². The second-order valence-corrected chi connectivity index (χ2v) is 5.31. The lowest BCUT2D eigenvalue weighted by Crippen LogP contribution is -2.36. The Morgan fingerprint density at radius 1 is 1.22 bits per heavy atom. The predicted molar refractivity (Wildman–Crippen MR) is 72.9 cm³/mol. The third-order valence-corrected chi connectivity index (χ3v) is 2.25. The number of carbonyl (C=O) groups is 1. The van der Waals surface area contributed by atoms with E-state index in [1.165, 1.54) is 19.3 Å². The van der Waals surface area contributed by atoms with Gasteiger partial charge < -0.3 is 19.5 Å². The number of aliphatic hydroxyl groups excluding tert-OH is 1. The third kappa shape index (κ3) is 24.4. The molecule has 0 aliphatic carbocycles. The molecule has 0 aromatic rings. The molecule has 0 heterocycles. The highest BCUT2D eigenvalue weighted by molar-refractivity contribution is 5.77. The number of rotatable bonds is 8. The number of hydrogen-bond acceptors (Lipinski definition) is 3. The standard InChI is InChI=1S/C9H16O2.C5H14NO/c1-2-3-4-5-6-7-8-9(10)11;1-6(2,3)4-5-7/h7-8H,2-6H2,1H3,(H,10,11);7H,4-5H2,1-3H3/q;+1/p-1. The second-order valence-electron chi connectivity index (χ2n) is 5.31. The lowest BCUT2D eigenvalue weighted by atomic mass is 10.1. The van der Waals surface area contributed by atoms with Gasteiger partial charge in [0.2, 0.25) is 0 Å². The van der Waals surface area contributed by atoms with Gasteiger partial charge >= 0.3 is 0 Å². The topological polar surface area (TPSA) is 60.4 Å². The van der Waals surface area contributed by atoms with Crippen molar-refractivity contribution in [3.8, 4) is 0 Å². The van der Waals surface area contributed by atoms with Crippen molar-refractivity contribution < 1.29 is 19.5 Å². The normalized spacial score (nSPS) is 11.2. The van der Waals surface area contributed by atoms with E-state index in [0.717, 1.165) is 29.9 Å². The highest BCUT2D eigenvalue weighted by atomic mass is 16.4. The number of carbonyl (C=O) groups excluding carboxylic acids is 1. The molecule has 0 saturated heterocycles. The fourth-order valence-electron chi connectivity index (χ4n) is 1.17. The number of unbranched alkanes of at least 4 members (excludes halogenated alkanes) is 4. The number of nitrogens with zero attached hydrogens (tertiary/aromatic N) is 1. The van der Waals surface area contributed by atoms with Crippen molar-refractivity contribution >= 4 is 5.97 Å². The maximum atomic E-state index is 9.89. The molecule has 0 rings (SSSR count). The van der Waals surface area contributed by atoms with Crippen molar-refractivity contribution in [2.75, 3.05) is 34.3 Å². The lowest BCUT2D eigenvalue weighted by molar-refractivity contribution is -0.870. The molecule has 108 valence electrons. The molecular formula is C14H29NO3. The molecule has 4 nitrogen and oxygen atoms in total. The van der Waals surface area contributed by atoms with Gasteiger partial charge in [-0.2, -0.15) is 0 Å². The van der Waals surface area contributed by atoms with Crippen LogP contribution in [-0.2, 0) is 4.79 Å². The summed E-state index contributed by atoms with van der Waals surface area (Å²) in [6, 6.07) is 0. The van der Waals surface area contributed by atoms with Crippen LogP contribution < -0.4 is 5.11 Å². The number of hydrogen-bond donors (Lipinski definition) is 1. The average molecular weight is 259 g/mol. The maximum absolute atomic E-state index is 9.89. The Morgan fingerprint density at radius 2 is 1.83 bits per heavy atom. The number of allylic oxidation sites excluding steroid dienone is 1. The molecule has 0 saturated carbocycles. The Hall–Kier alpha value is -0.870. The molecule has 0 atom stereocenters. The molecule has 0 bridgehead atoms. The largest absolute Gasteiger partial charge is 0.545 e. The van der Waals surface area contributed by atoms with Crippen molar-refractivity contribution in [1.82, 2.24) is 0 Å². The molecule has 0 unspecified atom stereocenters. The van der Waals surface area contributed by atoms with Crippen LogP contribution in [0.3, 0.4) is 0 Å². The van der Waals surface area contributed by atoms with Crippen LogP contribution in [0.1, 0.15) is 39.0 Å². The van der Waals surface area contributed by atoms with Gasteiger partial charge in [0.15, 0.2) is 0 Å². The zero-order valence-corrected chi connectivity index (χ0v) is 12.3. The van der Waals surface area contributed by atoms with Crippen LogP contribution >= 0.6 is 0 Å². The highest BCUT2D eigenvalue weighted by Crippen LogP contribution is 2.02. The maximum Gasteiger partial charge on any atom is 0.101 e. The first kappa shape index (κ1) is 19.5. The van der Waals surface area contributed by atoms with Gasteiger partial charge in [0.1, 0.15) is 6.54 Å². The zero-order valence-electron chi connectivity index (χ0n) is 12.3. The van der Waals surface area contributed by atoms with E-state index >= 15 is 0 Å². The Balaban J connectivity index is 0. The number of aliphatic hydroxyl groups is 1. The Labute approximate surface area is 112 Å². The van der Waals surface area contributed by atoms with Gasteiger partial charge in [-0.15, -0.1) is 0 Å². The van der Waals surface area contributed by atoms with E-state index < -0.39 is 5.97 Å². The molecular weight excluding hydrogens is 230 g/mol. The lowest BCUT2D eigenvalue weighted by Gasteiger charge is -2.21. The average Bonchev–Trinajstić information content (AvgIpc) is 2.22. The van der Waals surface area contributed by atoms with Crippen LogP contribution in [-0.4, -0.2) is 49.9 Å². The molecule has 1 N–H and O–H groups in total. The van der Waals surface area contributed by atoms with Crippen LogP contribution in [0.2, 0.25) is 0 Å². The minimum Gasteiger partial charge on any atom is -0.545 e. The van der Waals surface area contributed by atoms with Gasteiger partial charge in [-0.25, -0.2) is 0 Å². The number of likely N-dealkylation sites (N-methyl/N-ethyl adjacent to an activating group) is 1. The van der Waals surface area contributed by atoms with Gasteiger partial charge in [-0.1, -0.05) is 32.3 Å². The third-order valence-electron chi connectivity index (χ3n) is 2.25. The minimum atomic E-state index is -1.10. The summed E-state index contributed by atoms with van der Waals surface area (Å²) in [6.07, 6.45) is 8.33. The van der Waals surface area contributed by atoms with Crippen LogP contribution in [0.25, 0.3) is 0 Å². The summed E-state index contributed by atoms with van der Waals surface area (Å²) in [4.78, 5) is 9.89. The second kappa shape index (κ2) is 12.6. The quantitative estimate of drug-likeness (QED) is 0.401. The summed E-state index contributed by atoms with van der Waals surface area (Å²) >= 11 is 0. The molecule has 0 spiro atoms. The SMILES string of the molecule is CCCCCCC=CC(=O)[O-].C[N+](C)(C)CCO. The van der Waals surface area contributed by atoms with Crippen LogP contribution in [0.15, 0.2) is 12.2 Å². The van der Waals surface area contributed by atoms with Gasteiger partial charge in [0.25, 0.3) is 0 Å². The number of carboxylic acids is 1. The summed E-state index contributed by atoms with van der Waals surface area (Å²) in [5, 5.41) is 18.3. The predicted octanol–water partition coefficient (Wildman–Crippen LogP) is 0.948. The minimum absolute atomic E-state index is 0.281. The fraction of sp³-hybridized carbons (Fsp3) is 0.786. The first-order chi connectivity index (χ1) is 8.33. The van der Waals surface area contributed by atoms with E-state index in [0.29, 0.717) is 0 Å². The van der Waals surface area contributed by atoms with Gasteiger partial charge in [-0.3, -0.25) is 0 Å². The van der Waals surface area contributed by atoms with Crippen molar-refractivity contribution in [1.29, 1.82) is 0 Å². The smallest absolute Gasteiger partial charge is 0.101 e. The summed E-state index contributed by atoms with van der Waals surface area (Å²) in [6.45, 7) is 3.26. The summed E-state index contributed by atoms with van der Waals surface area (Å²) in [5.41, 5.74) is 0. The molecule has 18 heavy (non-hydrogen) atoms. The van der Waals surface area contributed by atoms with E-state index in [2.05, 4.69) is 28.1 Å². The molecule has 0 amide bonds. The Kier molecular flexibility index (Phi) is 13.6. The van der Waals surface area contributed by atoms with Crippen molar-refractivity contribution in [2.24, 2.45) is 0 Å². The molecule has 0 fully saturated rings. The Bertz CT molecular complexity index is 220. The van der Waals surface area contributed by atoms with Crippen LogP contribution in [0.5, 0.6) is 0 Å². The summed E-state index contributed by atoms with van der Waals surface area (Å²) < 4.78 is 0.844. The number of quaternary nitrogens is 1. The highest BCUT2D eigenvalue weighted by Gasteiger charge is 2.02. The fourth-order valence-corrected chi connectivity index (χ4v) is 1.17. The van der Waals surface area contributed by atoms with Gasteiger partial charge in [-0.05, 0) is 18.9 Å².